The van der Waals surface area contributed by atoms with Crippen molar-refractivity contribution < 1.29 is 14.6 Å². The molecule has 0 aliphatic heterocycles. The third-order valence-corrected chi connectivity index (χ3v) is 6.89. The molecule has 39 heavy (non-hydrogen) atoms. The number of benzene rings is 4. The van der Waals surface area contributed by atoms with Crippen LogP contribution in [0.1, 0.15) is 33.9 Å². The number of aliphatic hydroxyl groups is 1. The van der Waals surface area contributed by atoms with Crippen LogP contribution in [0.5, 0.6) is 5.75 Å². The molecule has 0 amide bonds. The third-order valence-electron chi connectivity index (χ3n) is 6.89. The van der Waals surface area contributed by atoms with Gasteiger partial charge < -0.3 is 14.8 Å². The molecule has 0 bridgehead atoms. The van der Waals surface area contributed by atoms with E-state index >= 15 is 0 Å². The number of aromatic nitrogens is 1. The molecule has 0 fully saturated rings. The molecule has 1 aromatic heterocycles. The number of hydrogen-bond acceptors (Lipinski definition) is 5. The number of rotatable bonds is 7. The van der Waals surface area contributed by atoms with Crippen molar-refractivity contribution in [3.8, 4) is 5.75 Å². The molecule has 6 nitrogen and oxygen atoms in total. The van der Waals surface area contributed by atoms with Gasteiger partial charge in [0.05, 0.1) is 30.5 Å². The van der Waals surface area contributed by atoms with Crippen molar-refractivity contribution in [1.82, 2.24) is 4.98 Å². The van der Waals surface area contributed by atoms with E-state index in [4.69, 9.17) is 4.74 Å². The van der Waals surface area contributed by atoms with Gasteiger partial charge in [-0.05, 0) is 35.4 Å². The SMILES string of the molecule is COc1ccc2[nH]c(/C=N/N=C3/C(C(=O)C(c4ccccc4)c4ccccc4)=C(O)c4ccccc43)cc2c1. The minimum Gasteiger partial charge on any atom is -0.506 e. The Bertz CT molecular complexity index is 1730. The number of allylic oxidation sites excluding steroid dienone is 1. The molecule has 0 spiro atoms. The molecule has 0 unspecified atom stereocenters. The highest BCUT2D eigenvalue weighted by atomic mass is 16.5. The van der Waals surface area contributed by atoms with E-state index in [1.54, 1.807) is 19.4 Å². The summed E-state index contributed by atoms with van der Waals surface area (Å²) in [6, 6.07) is 34.2. The number of ketones is 1. The number of hydrogen-bond donors (Lipinski definition) is 2. The van der Waals surface area contributed by atoms with Crippen molar-refractivity contribution in [2.45, 2.75) is 5.92 Å². The van der Waals surface area contributed by atoms with Gasteiger partial charge in [0, 0.05) is 22.0 Å². The highest BCUT2D eigenvalue weighted by Gasteiger charge is 2.37. The van der Waals surface area contributed by atoms with E-state index < -0.39 is 5.92 Å². The van der Waals surface area contributed by atoms with Crippen molar-refractivity contribution in [1.29, 1.82) is 0 Å². The largest absolute Gasteiger partial charge is 0.506 e. The van der Waals surface area contributed by atoms with Gasteiger partial charge in [-0.1, -0.05) is 84.9 Å². The predicted molar refractivity (Wildman–Crippen MR) is 155 cm³/mol. The van der Waals surface area contributed by atoms with E-state index in [-0.39, 0.29) is 17.1 Å². The van der Waals surface area contributed by atoms with Crippen LogP contribution in [-0.4, -0.2) is 34.9 Å². The molecule has 1 aliphatic rings. The lowest BCUT2D eigenvalue weighted by Gasteiger charge is -2.18. The maximum atomic E-state index is 14.3. The molecule has 190 valence electrons. The molecule has 0 saturated carbocycles. The first kappa shape index (κ1) is 24.1. The molecule has 2 N–H and O–H groups in total. The molecule has 6 rings (SSSR count). The Morgan fingerprint density at radius 1 is 0.846 bits per heavy atom. The number of carbonyl (C=O) groups excluding carboxylic acids is 1. The Morgan fingerprint density at radius 2 is 1.49 bits per heavy atom. The van der Waals surface area contributed by atoms with E-state index in [1.165, 1.54) is 0 Å². The van der Waals surface area contributed by atoms with Gasteiger partial charge in [0.1, 0.15) is 17.2 Å². The molecule has 4 aromatic carbocycles. The molecular weight excluding hydrogens is 486 g/mol. The van der Waals surface area contributed by atoms with Crippen LogP contribution in [0.3, 0.4) is 0 Å². The first-order chi connectivity index (χ1) is 19.1. The van der Waals surface area contributed by atoms with Crippen LogP contribution in [-0.2, 0) is 4.79 Å². The van der Waals surface area contributed by atoms with Crippen LogP contribution in [0.4, 0.5) is 0 Å². The van der Waals surface area contributed by atoms with Gasteiger partial charge >= 0.3 is 0 Å². The summed E-state index contributed by atoms with van der Waals surface area (Å²) >= 11 is 0. The topological polar surface area (TPSA) is 87.0 Å². The molecule has 6 heteroatoms. The number of carbonyl (C=O) groups is 1. The van der Waals surface area contributed by atoms with Crippen molar-refractivity contribution in [3.05, 3.63) is 143 Å². The second-order valence-corrected chi connectivity index (χ2v) is 9.26. The van der Waals surface area contributed by atoms with Crippen LogP contribution in [0.15, 0.2) is 125 Å². The van der Waals surface area contributed by atoms with Crippen LogP contribution in [0, 0.1) is 0 Å². The average molecular weight is 512 g/mol. The summed E-state index contributed by atoms with van der Waals surface area (Å²) in [5.74, 6) is -0.174. The summed E-state index contributed by atoms with van der Waals surface area (Å²) in [4.78, 5) is 17.6. The molecule has 5 aromatic rings. The Morgan fingerprint density at radius 3 is 2.15 bits per heavy atom. The number of Topliss-reactive ketones (excluding diaryl/α,β-unsaturated/α-hetero) is 1. The Kier molecular flexibility index (Phi) is 6.35. The average Bonchev–Trinajstić information content (AvgIpc) is 3.52. The predicted octanol–water partition coefficient (Wildman–Crippen LogP) is 6.68. The number of nitrogens with one attached hydrogen (secondary N) is 1. The normalized spacial score (nSPS) is 14.1. The van der Waals surface area contributed by atoms with Crippen molar-refractivity contribution >= 4 is 34.4 Å². The van der Waals surface area contributed by atoms with Crippen molar-refractivity contribution in [3.63, 3.8) is 0 Å². The van der Waals surface area contributed by atoms with E-state index in [9.17, 15) is 9.90 Å². The first-order valence-electron chi connectivity index (χ1n) is 12.6. The summed E-state index contributed by atoms with van der Waals surface area (Å²) in [7, 11) is 1.63. The van der Waals surface area contributed by atoms with Crippen molar-refractivity contribution in [2.24, 2.45) is 10.2 Å². The third kappa shape index (κ3) is 4.53. The molecular formula is C33H25N3O3. The number of methoxy groups -OCH3 is 1. The van der Waals surface area contributed by atoms with Gasteiger partial charge in [0.2, 0.25) is 0 Å². The molecule has 0 radical (unpaired) electrons. The maximum Gasteiger partial charge on any atom is 0.180 e. The zero-order valence-corrected chi connectivity index (χ0v) is 21.2. The van der Waals surface area contributed by atoms with Crippen molar-refractivity contribution in [2.75, 3.05) is 7.11 Å². The summed E-state index contributed by atoms with van der Waals surface area (Å²) in [6.07, 6.45) is 1.60. The lowest BCUT2D eigenvalue weighted by atomic mass is 9.83. The Labute approximate surface area is 225 Å². The highest BCUT2D eigenvalue weighted by molar-refractivity contribution is 6.37. The summed E-state index contributed by atoms with van der Waals surface area (Å²) in [5, 5.41) is 21.1. The molecule has 0 saturated heterocycles. The lowest BCUT2D eigenvalue weighted by Crippen LogP contribution is -2.21. The van der Waals surface area contributed by atoms with Gasteiger partial charge in [0.15, 0.2) is 5.78 Å². The van der Waals surface area contributed by atoms with Gasteiger partial charge in [-0.2, -0.15) is 5.10 Å². The fraction of sp³-hybridized carbons (Fsp3) is 0.0606. The fourth-order valence-corrected chi connectivity index (χ4v) is 5.02. The van der Waals surface area contributed by atoms with E-state index in [2.05, 4.69) is 15.2 Å². The molecule has 1 heterocycles. The molecule has 0 atom stereocenters. The maximum absolute atomic E-state index is 14.3. The minimum atomic E-state index is -0.614. The highest BCUT2D eigenvalue weighted by Crippen LogP contribution is 2.37. The lowest BCUT2D eigenvalue weighted by molar-refractivity contribution is -0.115. The summed E-state index contributed by atoms with van der Waals surface area (Å²) in [6.45, 7) is 0. The zero-order valence-electron chi connectivity index (χ0n) is 21.2. The molecule has 1 aliphatic carbocycles. The second kappa shape index (κ2) is 10.3. The van der Waals surface area contributed by atoms with E-state index in [0.29, 0.717) is 16.8 Å². The summed E-state index contributed by atoms with van der Waals surface area (Å²) in [5.41, 5.74) is 5.10. The van der Waals surface area contributed by atoms with Crippen LogP contribution < -0.4 is 4.74 Å². The Hall–Kier alpha value is -5.23. The number of nitrogens with zero attached hydrogens (tertiary/aromatic N) is 2. The fourth-order valence-electron chi connectivity index (χ4n) is 5.02. The van der Waals surface area contributed by atoms with Crippen LogP contribution in [0.25, 0.3) is 16.7 Å². The smallest absolute Gasteiger partial charge is 0.180 e. The van der Waals surface area contributed by atoms with Gasteiger partial charge in [-0.25, -0.2) is 0 Å². The monoisotopic (exact) mass is 511 g/mol. The Balaban J connectivity index is 1.42. The minimum absolute atomic E-state index is 0.0841. The van der Waals surface area contributed by atoms with E-state index in [0.717, 1.165) is 33.5 Å². The van der Waals surface area contributed by atoms with Gasteiger partial charge in [-0.15, -0.1) is 5.10 Å². The van der Waals surface area contributed by atoms with Crippen LogP contribution in [0.2, 0.25) is 0 Å². The van der Waals surface area contributed by atoms with E-state index in [1.807, 2.05) is 103 Å². The number of aliphatic hydroxyl groups excluding tert-OH is 1. The number of H-pyrrole nitrogens is 1. The second-order valence-electron chi connectivity index (χ2n) is 9.26. The van der Waals surface area contributed by atoms with Crippen LogP contribution >= 0.6 is 0 Å². The number of fused-ring (bicyclic) bond motifs is 2. The standard InChI is InChI=1S/C33H25N3O3/c1-39-25-16-17-28-23(19-25)18-24(35-28)20-34-36-31-26-14-8-9-15-27(26)32(37)30(31)33(38)29(21-10-4-2-5-11-21)22-12-6-3-7-13-22/h2-20,29,35,37H,1H3/b34-20+,36-31+. The van der Waals surface area contributed by atoms with Gasteiger partial charge in [-0.3, -0.25) is 4.79 Å². The summed E-state index contributed by atoms with van der Waals surface area (Å²) < 4.78 is 5.31. The zero-order chi connectivity index (χ0) is 26.8. The first-order valence-corrected chi connectivity index (χ1v) is 12.6. The van der Waals surface area contributed by atoms with Gasteiger partial charge in [0.25, 0.3) is 0 Å². The number of ether oxygens (including phenoxy) is 1. The quantitative estimate of drug-likeness (QED) is 0.189. The number of aromatic amines is 1.